The molecule has 1 aliphatic heterocycles. The fourth-order valence-electron chi connectivity index (χ4n) is 2.23. The van der Waals surface area contributed by atoms with Gasteiger partial charge in [-0.25, -0.2) is 0 Å². The number of benzene rings is 2. The number of alkyl halides is 3. The van der Waals surface area contributed by atoms with Gasteiger partial charge in [-0.2, -0.15) is 13.2 Å². The summed E-state index contributed by atoms with van der Waals surface area (Å²) in [6.45, 7) is 0.0712. The number of halogens is 3. The van der Waals surface area contributed by atoms with Gasteiger partial charge >= 0.3 is 6.18 Å². The Labute approximate surface area is 130 Å². The van der Waals surface area contributed by atoms with Crippen LogP contribution in [0, 0.1) is 0 Å². The minimum Gasteiger partial charge on any atom is -0.488 e. The molecule has 0 fully saturated rings. The Bertz CT molecular complexity index is 781. The van der Waals surface area contributed by atoms with Crippen LogP contribution in [0.5, 0.6) is 5.75 Å². The van der Waals surface area contributed by atoms with Gasteiger partial charge in [0, 0.05) is 11.3 Å². The molecular formula is C17H12F3NO2. The average Bonchev–Trinajstić information content (AvgIpc) is 2.54. The van der Waals surface area contributed by atoms with Crippen molar-refractivity contribution in [2.24, 2.45) is 0 Å². The van der Waals surface area contributed by atoms with E-state index >= 15 is 0 Å². The summed E-state index contributed by atoms with van der Waals surface area (Å²) in [5.41, 5.74) is 0.383. The summed E-state index contributed by atoms with van der Waals surface area (Å²) in [6, 6.07) is 11.7. The predicted octanol–water partition coefficient (Wildman–Crippen LogP) is 4.12. The van der Waals surface area contributed by atoms with Crippen molar-refractivity contribution in [3.63, 3.8) is 0 Å². The van der Waals surface area contributed by atoms with Crippen LogP contribution in [0.3, 0.4) is 0 Å². The van der Waals surface area contributed by atoms with Crippen molar-refractivity contribution in [2.45, 2.75) is 6.18 Å². The molecule has 118 valence electrons. The minimum absolute atomic E-state index is 0.0712. The van der Waals surface area contributed by atoms with E-state index in [1.807, 2.05) is 12.1 Å². The van der Waals surface area contributed by atoms with E-state index in [-0.39, 0.29) is 12.3 Å². The van der Waals surface area contributed by atoms with Crippen LogP contribution >= 0.6 is 0 Å². The fraction of sp³-hybridized carbons (Fsp3) is 0.118. The molecule has 2 aromatic carbocycles. The number of hydrogen-bond acceptors (Lipinski definition) is 2. The molecule has 23 heavy (non-hydrogen) atoms. The third kappa shape index (κ3) is 3.36. The molecule has 3 rings (SSSR count). The van der Waals surface area contributed by atoms with Crippen molar-refractivity contribution in [1.29, 1.82) is 0 Å². The molecule has 0 bridgehead atoms. The van der Waals surface area contributed by atoms with Crippen LogP contribution < -0.4 is 10.1 Å². The molecule has 0 saturated heterocycles. The van der Waals surface area contributed by atoms with Crippen LogP contribution in [0.2, 0.25) is 0 Å². The summed E-state index contributed by atoms with van der Waals surface area (Å²) in [5.74, 6) is 0.182. The molecule has 3 nitrogen and oxygen atoms in total. The van der Waals surface area contributed by atoms with Crippen molar-refractivity contribution in [2.75, 3.05) is 11.9 Å². The second-order valence-corrected chi connectivity index (χ2v) is 5.03. The average molecular weight is 319 g/mol. The molecule has 0 radical (unpaired) electrons. The van der Waals surface area contributed by atoms with Gasteiger partial charge in [0.05, 0.1) is 11.1 Å². The van der Waals surface area contributed by atoms with E-state index < -0.39 is 17.6 Å². The summed E-state index contributed by atoms with van der Waals surface area (Å²) in [7, 11) is 0. The van der Waals surface area contributed by atoms with Crippen molar-refractivity contribution in [3.05, 3.63) is 65.2 Å². The molecule has 0 aromatic heterocycles. The first-order valence-corrected chi connectivity index (χ1v) is 6.84. The predicted molar refractivity (Wildman–Crippen MR) is 80.0 cm³/mol. The smallest absolute Gasteiger partial charge is 0.416 e. The first kappa shape index (κ1) is 15.1. The maximum absolute atomic E-state index is 12.7. The number of para-hydroxylation sites is 1. The number of anilines is 1. The molecule has 0 aliphatic carbocycles. The van der Waals surface area contributed by atoms with Crippen molar-refractivity contribution < 1.29 is 22.7 Å². The van der Waals surface area contributed by atoms with Crippen LogP contribution in [0.25, 0.3) is 6.08 Å². The summed E-state index contributed by atoms with van der Waals surface area (Å²) >= 11 is 0. The summed E-state index contributed by atoms with van der Waals surface area (Å²) in [4.78, 5) is 12.2. The van der Waals surface area contributed by atoms with Gasteiger partial charge in [0.15, 0.2) is 0 Å². The number of fused-ring (bicyclic) bond motifs is 1. The molecule has 1 N–H and O–H groups in total. The lowest BCUT2D eigenvalue weighted by atomic mass is 10.1. The van der Waals surface area contributed by atoms with Crippen LogP contribution in [0.1, 0.15) is 11.1 Å². The van der Waals surface area contributed by atoms with Crippen molar-refractivity contribution in [1.82, 2.24) is 0 Å². The zero-order valence-corrected chi connectivity index (χ0v) is 11.9. The number of nitrogens with one attached hydrogen (secondary N) is 1. The highest BCUT2D eigenvalue weighted by atomic mass is 19.4. The molecule has 0 unspecified atom stereocenters. The number of amides is 1. The molecule has 1 heterocycles. The first-order valence-electron chi connectivity index (χ1n) is 6.84. The van der Waals surface area contributed by atoms with Gasteiger partial charge in [0.2, 0.25) is 0 Å². The van der Waals surface area contributed by atoms with Gasteiger partial charge < -0.3 is 10.1 Å². The highest BCUT2D eigenvalue weighted by Gasteiger charge is 2.30. The Morgan fingerprint density at radius 3 is 2.65 bits per heavy atom. The normalized spacial score (nSPS) is 13.6. The molecular weight excluding hydrogens is 307 g/mol. The minimum atomic E-state index is -4.45. The molecule has 6 heteroatoms. The Kier molecular flexibility index (Phi) is 3.82. The highest BCUT2D eigenvalue weighted by molar-refractivity contribution is 6.07. The SMILES string of the molecule is O=C(Nc1cccc(C(F)(F)F)c1)C1=Cc2ccccc2OC1. The summed E-state index contributed by atoms with van der Waals surface area (Å²) in [6.07, 6.45) is -2.78. The van der Waals surface area contributed by atoms with Gasteiger partial charge in [0.1, 0.15) is 12.4 Å². The van der Waals surface area contributed by atoms with Crippen molar-refractivity contribution >= 4 is 17.7 Å². The quantitative estimate of drug-likeness (QED) is 0.904. The zero-order chi connectivity index (χ0) is 16.4. The Morgan fingerprint density at radius 2 is 1.87 bits per heavy atom. The van der Waals surface area contributed by atoms with Crippen molar-refractivity contribution in [3.8, 4) is 5.75 Å². The van der Waals surface area contributed by atoms with Gasteiger partial charge in [-0.15, -0.1) is 0 Å². The molecule has 2 aromatic rings. The number of ether oxygens (including phenoxy) is 1. The molecule has 1 amide bonds. The number of carbonyl (C=O) groups excluding carboxylic acids is 1. The van der Waals surface area contributed by atoms with Gasteiger partial charge in [-0.05, 0) is 30.3 Å². The lowest BCUT2D eigenvalue weighted by Crippen LogP contribution is -2.21. The van der Waals surface area contributed by atoms with E-state index in [9.17, 15) is 18.0 Å². The second-order valence-electron chi connectivity index (χ2n) is 5.03. The maximum Gasteiger partial charge on any atom is 0.416 e. The number of carbonyl (C=O) groups is 1. The molecule has 0 spiro atoms. The molecule has 0 atom stereocenters. The van der Waals surface area contributed by atoms with E-state index in [1.54, 1.807) is 18.2 Å². The van der Waals surface area contributed by atoms with Crippen LogP contribution in [-0.2, 0) is 11.0 Å². The topological polar surface area (TPSA) is 38.3 Å². The maximum atomic E-state index is 12.7. The van der Waals surface area contributed by atoms with E-state index in [2.05, 4.69) is 5.32 Å². The Balaban J connectivity index is 1.79. The zero-order valence-electron chi connectivity index (χ0n) is 11.9. The van der Waals surface area contributed by atoms with Crippen LogP contribution in [-0.4, -0.2) is 12.5 Å². The molecule has 0 saturated carbocycles. The summed E-state index contributed by atoms with van der Waals surface area (Å²) < 4.78 is 43.5. The Morgan fingerprint density at radius 1 is 1.09 bits per heavy atom. The second kappa shape index (κ2) is 5.79. The third-order valence-electron chi connectivity index (χ3n) is 3.37. The largest absolute Gasteiger partial charge is 0.488 e. The monoisotopic (exact) mass is 319 g/mol. The fourth-order valence-corrected chi connectivity index (χ4v) is 2.23. The number of hydrogen-bond donors (Lipinski definition) is 1. The van der Waals surface area contributed by atoms with Crippen LogP contribution in [0.4, 0.5) is 18.9 Å². The van der Waals surface area contributed by atoms with Gasteiger partial charge in [-0.1, -0.05) is 24.3 Å². The third-order valence-corrected chi connectivity index (χ3v) is 3.37. The lowest BCUT2D eigenvalue weighted by Gasteiger charge is -2.17. The molecule has 1 aliphatic rings. The first-order chi connectivity index (χ1) is 10.9. The van der Waals surface area contributed by atoms with E-state index in [4.69, 9.17) is 4.74 Å². The van der Waals surface area contributed by atoms with Gasteiger partial charge in [-0.3, -0.25) is 4.79 Å². The summed E-state index contributed by atoms with van der Waals surface area (Å²) in [5, 5.41) is 2.47. The van der Waals surface area contributed by atoms with Gasteiger partial charge in [0.25, 0.3) is 5.91 Å². The Hall–Kier alpha value is -2.76. The van der Waals surface area contributed by atoms with E-state index in [0.29, 0.717) is 11.3 Å². The van der Waals surface area contributed by atoms with E-state index in [0.717, 1.165) is 17.7 Å². The lowest BCUT2D eigenvalue weighted by molar-refractivity contribution is -0.137. The highest BCUT2D eigenvalue weighted by Crippen LogP contribution is 2.31. The van der Waals surface area contributed by atoms with Crippen LogP contribution in [0.15, 0.2) is 54.1 Å². The van der Waals surface area contributed by atoms with E-state index in [1.165, 1.54) is 12.1 Å². The number of rotatable bonds is 2. The standard InChI is InChI=1S/C17H12F3NO2/c18-17(19,20)13-5-3-6-14(9-13)21-16(22)12-8-11-4-1-2-7-15(11)23-10-12/h1-9H,10H2,(H,21,22).